The monoisotopic (exact) mass is 445 g/mol. The van der Waals surface area contributed by atoms with E-state index in [9.17, 15) is 14.4 Å². The molecule has 0 atom stereocenters. The topological polar surface area (TPSA) is 70.1 Å². The Labute approximate surface area is 195 Å². The van der Waals surface area contributed by atoms with Gasteiger partial charge >= 0.3 is 0 Å². The van der Waals surface area contributed by atoms with Crippen LogP contribution in [0, 0.1) is 5.92 Å². The van der Waals surface area contributed by atoms with E-state index in [0.717, 1.165) is 43.9 Å². The normalized spacial score (nSPS) is 22.1. The van der Waals surface area contributed by atoms with Crippen molar-refractivity contribution in [3.8, 4) is 0 Å². The zero-order valence-electron chi connectivity index (χ0n) is 18.9. The van der Waals surface area contributed by atoms with E-state index >= 15 is 0 Å². The first-order valence-corrected chi connectivity index (χ1v) is 11.7. The second-order valence-corrected chi connectivity index (χ2v) is 8.87. The van der Waals surface area contributed by atoms with Crippen LogP contribution in [0.2, 0.25) is 0 Å². The number of rotatable bonds is 7. The van der Waals surface area contributed by atoms with Crippen LogP contribution in [-0.4, -0.2) is 72.8 Å². The first-order chi connectivity index (χ1) is 16.1. The summed E-state index contributed by atoms with van der Waals surface area (Å²) >= 11 is 0. The Bertz CT molecular complexity index is 964. The summed E-state index contributed by atoms with van der Waals surface area (Å²) in [5.74, 6) is -0.611. The van der Waals surface area contributed by atoms with E-state index in [0.29, 0.717) is 25.8 Å². The highest BCUT2D eigenvalue weighted by Gasteiger charge is 2.34. The molecule has 0 N–H and O–H groups in total. The lowest BCUT2D eigenvalue weighted by Crippen LogP contribution is -2.49. The Kier molecular flexibility index (Phi) is 7.79. The van der Waals surface area contributed by atoms with E-state index in [1.54, 1.807) is 6.21 Å². The van der Waals surface area contributed by atoms with Crippen LogP contribution in [0.4, 0.5) is 0 Å². The molecule has 1 aliphatic carbocycles. The quantitative estimate of drug-likeness (QED) is 0.485. The third-order valence-electron chi connectivity index (χ3n) is 6.58. The van der Waals surface area contributed by atoms with Crippen LogP contribution < -0.4 is 0 Å². The summed E-state index contributed by atoms with van der Waals surface area (Å²) < 4.78 is 0. The fraction of sp³-hybridized carbons (Fsp3) is 0.407. The Hall–Kier alpha value is -3.12. The van der Waals surface area contributed by atoms with E-state index in [4.69, 9.17) is 0 Å². The van der Waals surface area contributed by atoms with Gasteiger partial charge in [0.2, 0.25) is 5.91 Å². The predicted octanol–water partition coefficient (Wildman–Crippen LogP) is 2.78. The molecule has 0 aromatic heterocycles. The summed E-state index contributed by atoms with van der Waals surface area (Å²) in [5.41, 5.74) is 2.09. The van der Waals surface area contributed by atoms with Gasteiger partial charge in [-0.05, 0) is 17.0 Å². The number of carbonyl (C=O) groups is 3. The van der Waals surface area contributed by atoms with Crippen LogP contribution in [0.15, 0.2) is 65.7 Å². The van der Waals surface area contributed by atoms with Crippen molar-refractivity contribution in [1.29, 1.82) is 0 Å². The van der Waals surface area contributed by atoms with Gasteiger partial charge in [0.05, 0.1) is 13.0 Å². The maximum atomic E-state index is 12.6. The molecule has 6 nitrogen and oxygen atoms in total. The molecule has 6 heteroatoms. The van der Waals surface area contributed by atoms with Crippen LogP contribution in [0.25, 0.3) is 0 Å². The fourth-order valence-corrected chi connectivity index (χ4v) is 4.60. The Morgan fingerprint density at radius 1 is 0.879 bits per heavy atom. The Morgan fingerprint density at radius 2 is 1.48 bits per heavy atom. The third kappa shape index (κ3) is 6.23. The molecule has 2 fully saturated rings. The van der Waals surface area contributed by atoms with Crippen molar-refractivity contribution in [3.63, 3.8) is 0 Å². The summed E-state index contributed by atoms with van der Waals surface area (Å²) in [6.45, 7) is 4.38. The SMILES string of the molecule is O=C1CC(c2ccccc2)CC(=O)C1C=NCCN1CCN(C(=O)Cc2ccccc2)CC1. The molecule has 2 aromatic rings. The second-order valence-electron chi connectivity index (χ2n) is 8.87. The Balaban J connectivity index is 1.18. The molecule has 1 heterocycles. The molecule has 2 aromatic carbocycles. The fourth-order valence-electron chi connectivity index (χ4n) is 4.60. The maximum absolute atomic E-state index is 12.6. The number of piperazine rings is 1. The number of carbonyl (C=O) groups excluding carboxylic acids is 3. The predicted molar refractivity (Wildman–Crippen MR) is 128 cm³/mol. The van der Waals surface area contributed by atoms with Gasteiger partial charge in [-0.2, -0.15) is 0 Å². The average molecular weight is 446 g/mol. The Morgan fingerprint density at radius 3 is 2.12 bits per heavy atom. The highest BCUT2D eigenvalue weighted by atomic mass is 16.2. The molecule has 172 valence electrons. The lowest BCUT2D eigenvalue weighted by Gasteiger charge is -2.34. The van der Waals surface area contributed by atoms with Gasteiger partial charge in [-0.3, -0.25) is 24.3 Å². The first kappa shape index (κ1) is 23.1. The standard InChI is InChI=1S/C27H31N3O3/c31-25-18-23(22-9-5-2-6-10-22)19-26(32)24(25)20-28-11-12-29-13-15-30(16-14-29)27(33)17-21-7-3-1-4-8-21/h1-10,20,23-24H,11-19H2. The number of nitrogens with zero attached hydrogens (tertiary/aromatic N) is 3. The van der Waals surface area contributed by atoms with Crippen molar-refractivity contribution < 1.29 is 14.4 Å². The number of Topliss-reactive ketones (excluding diaryl/α,β-unsaturated/α-hetero) is 2. The van der Waals surface area contributed by atoms with E-state index in [1.807, 2.05) is 65.6 Å². The second kappa shape index (κ2) is 11.1. The number of amides is 1. The molecule has 0 spiro atoms. The van der Waals surface area contributed by atoms with E-state index in [-0.39, 0.29) is 23.4 Å². The van der Waals surface area contributed by atoms with E-state index in [1.165, 1.54) is 0 Å². The highest BCUT2D eigenvalue weighted by Crippen LogP contribution is 2.31. The highest BCUT2D eigenvalue weighted by molar-refractivity contribution is 6.16. The third-order valence-corrected chi connectivity index (χ3v) is 6.58. The molecule has 1 saturated heterocycles. The van der Waals surface area contributed by atoms with Gasteiger partial charge in [0.25, 0.3) is 0 Å². The van der Waals surface area contributed by atoms with Crippen molar-refractivity contribution in [1.82, 2.24) is 9.80 Å². The van der Waals surface area contributed by atoms with Gasteiger partial charge in [-0.25, -0.2) is 0 Å². The molecule has 33 heavy (non-hydrogen) atoms. The number of hydrogen-bond acceptors (Lipinski definition) is 5. The van der Waals surface area contributed by atoms with Crippen molar-refractivity contribution in [2.75, 3.05) is 39.3 Å². The number of benzene rings is 2. The summed E-state index contributed by atoms with van der Waals surface area (Å²) in [4.78, 5) is 46.2. The zero-order valence-corrected chi connectivity index (χ0v) is 18.9. The lowest BCUT2D eigenvalue weighted by atomic mass is 9.77. The van der Waals surface area contributed by atoms with Crippen molar-refractivity contribution >= 4 is 23.7 Å². The van der Waals surface area contributed by atoms with Crippen LogP contribution in [-0.2, 0) is 20.8 Å². The number of aliphatic imine (C=N–C) groups is 1. The van der Waals surface area contributed by atoms with Crippen LogP contribution in [0.1, 0.15) is 29.9 Å². The number of hydrogen-bond donors (Lipinski definition) is 0. The minimum absolute atomic E-state index is 0.0169. The minimum atomic E-state index is -0.697. The van der Waals surface area contributed by atoms with E-state index < -0.39 is 5.92 Å². The molecule has 1 amide bonds. The largest absolute Gasteiger partial charge is 0.340 e. The maximum Gasteiger partial charge on any atom is 0.227 e. The van der Waals surface area contributed by atoms with Crippen molar-refractivity contribution in [2.45, 2.75) is 25.2 Å². The van der Waals surface area contributed by atoms with Gasteiger partial charge in [0, 0.05) is 51.8 Å². The smallest absolute Gasteiger partial charge is 0.227 e. The molecular formula is C27H31N3O3. The molecule has 0 radical (unpaired) electrons. The van der Waals surface area contributed by atoms with Gasteiger partial charge in [0.15, 0.2) is 0 Å². The molecule has 0 unspecified atom stereocenters. The molecule has 1 aliphatic heterocycles. The van der Waals surface area contributed by atoms with Gasteiger partial charge < -0.3 is 4.90 Å². The van der Waals surface area contributed by atoms with Crippen LogP contribution in [0.5, 0.6) is 0 Å². The van der Waals surface area contributed by atoms with Gasteiger partial charge in [0.1, 0.15) is 17.5 Å². The van der Waals surface area contributed by atoms with Crippen LogP contribution in [0.3, 0.4) is 0 Å². The molecular weight excluding hydrogens is 414 g/mol. The molecule has 0 bridgehead atoms. The van der Waals surface area contributed by atoms with E-state index in [2.05, 4.69) is 9.89 Å². The van der Waals surface area contributed by atoms with Crippen molar-refractivity contribution in [3.05, 3.63) is 71.8 Å². The summed E-state index contributed by atoms with van der Waals surface area (Å²) in [5, 5.41) is 0. The van der Waals surface area contributed by atoms with Gasteiger partial charge in [-0.1, -0.05) is 60.7 Å². The molecule has 1 saturated carbocycles. The number of ketones is 2. The molecule has 2 aliphatic rings. The molecule has 4 rings (SSSR count). The average Bonchev–Trinajstić information content (AvgIpc) is 2.84. The summed E-state index contributed by atoms with van der Waals surface area (Å²) in [6, 6.07) is 19.6. The summed E-state index contributed by atoms with van der Waals surface area (Å²) in [7, 11) is 0. The lowest BCUT2D eigenvalue weighted by molar-refractivity contribution is -0.133. The van der Waals surface area contributed by atoms with Crippen LogP contribution >= 0.6 is 0 Å². The first-order valence-electron chi connectivity index (χ1n) is 11.7. The zero-order chi connectivity index (χ0) is 23.0. The minimum Gasteiger partial charge on any atom is -0.340 e. The summed E-state index contributed by atoms with van der Waals surface area (Å²) in [6.07, 6.45) is 2.79. The van der Waals surface area contributed by atoms with Crippen molar-refractivity contribution in [2.24, 2.45) is 10.9 Å². The van der Waals surface area contributed by atoms with Gasteiger partial charge in [-0.15, -0.1) is 0 Å².